The highest BCUT2D eigenvalue weighted by molar-refractivity contribution is 9.10. The van der Waals surface area contributed by atoms with E-state index in [-0.39, 0.29) is 29.7 Å². The van der Waals surface area contributed by atoms with Gasteiger partial charge in [-0.15, -0.1) is 0 Å². The van der Waals surface area contributed by atoms with Crippen molar-refractivity contribution >= 4 is 37.8 Å². The maximum atomic E-state index is 12.6. The van der Waals surface area contributed by atoms with Crippen LogP contribution < -0.4 is 15.4 Å². The molecule has 1 aromatic heterocycles. The molecule has 0 radical (unpaired) electrons. The number of halogens is 1. The molecule has 0 bridgehead atoms. The highest BCUT2D eigenvalue weighted by atomic mass is 79.9. The van der Waals surface area contributed by atoms with E-state index in [4.69, 9.17) is 0 Å². The number of benzene rings is 1. The molecule has 1 heterocycles. The van der Waals surface area contributed by atoms with Crippen molar-refractivity contribution in [3.05, 3.63) is 58.8 Å². The van der Waals surface area contributed by atoms with E-state index < -0.39 is 22.0 Å². The average Bonchev–Trinajstić information content (AvgIpc) is 2.71. The minimum Gasteiger partial charge on any atom is -0.354 e. The van der Waals surface area contributed by atoms with Crippen LogP contribution in [0.15, 0.2) is 58.2 Å². The van der Waals surface area contributed by atoms with Crippen LogP contribution in [0.3, 0.4) is 0 Å². The lowest BCUT2D eigenvalue weighted by molar-refractivity contribution is -0.124. The Labute approximate surface area is 185 Å². The first-order valence-corrected chi connectivity index (χ1v) is 11.7. The molecular weight excluding hydrogens is 472 g/mol. The van der Waals surface area contributed by atoms with Crippen LogP contribution in [0, 0.1) is 5.92 Å². The Morgan fingerprint density at radius 1 is 1.03 bits per heavy atom. The second kappa shape index (κ2) is 11.2. The molecule has 1 atom stereocenters. The van der Waals surface area contributed by atoms with Crippen LogP contribution in [0.5, 0.6) is 0 Å². The van der Waals surface area contributed by atoms with Gasteiger partial charge in [-0.2, -0.15) is 4.72 Å². The zero-order valence-electron chi connectivity index (χ0n) is 16.8. The van der Waals surface area contributed by atoms with Crippen LogP contribution in [0.4, 0.5) is 0 Å². The molecule has 1 aromatic carbocycles. The first-order chi connectivity index (χ1) is 14.2. The third-order valence-corrected chi connectivity index (χ3v) is 6.23. The van der Waals surface area contributed by atoms with Crippen molar-refractivity contribution in [1.29, 1.82) is 0 Å². The Bertz CT molecular complexity index is 951. The lowest BCUT2D eigenvalue weighted by Gasteiger charge is -2.21. The fourth-order valence-electron chi connectivity index (χ4n) is 2.54. The molecule has 2 rings (SSSR count). The Balaban J connectivity index is 1.86. The van der Waals surface area contributed by atoms with Crippen LogP contribution in [0.25, 0.3) is 0 Å². The highest BCUT2D eigenvalue weighted by Gasteiger charge is 2.28. The van der Waals surface area contributed by atoms with Gasteiger partial charge in [0.15, 0.2) is 0 Å². The van der Waals surface area contributed by atoms with Crippen LogP contribution >= 0.6 is 15.9 Å². The molecule has 0 unspecified atom stereocenters. The van der Waals surface area contributed by atoms with Gasteiger partial charge in [0.1, 0.15) is 6.04 Å². The first kappa shape index (κ1) is 24.0. The standard InChI is InChI=1S/C20H25BrN4O4S/c1-14(2)19(25-30(28,29)17-5-3-16(21)4-6-17)20(27)23-12-9-18(26)24-13-15-7-10-22-11-8-15/h3-8,10-11,14,19,25H,9,12-13H2,1-2H3,(H,23,27)(H,24,26)/t19-/m0/s1. The minimum atomic E-state index is -3.86. The van der Waals surface area contributed by atoms with Gasteiger partial charge >= 0.3 is 0 Å². The van der Waals surface area contributed by atoms with Crippen LogP contribution in [0.1, 0.15) is 25.8 Å². The van der Waals surface area contributed by atoms with Gasteiger partial charge in [-0.05, 0) is 47.9 Å². The van der Waals surface area contributed by atoms with Crippen LogP contribution in [-0.2, 0) is 26.2 Å². The van der Waals surface area contributed by atoms with Crippen molar-refractivity contribution in [2.24, 2.45) is 5.92 Å². The van der Waals surface area contributed by atoms with Crippen LogP contribution in [-0.4, -0.2) is 37.8 Å². The van der Waals surface area contributed by atoms with E-state index in [1.54, 1.807) is 50.5 Å². The Morgan fingerprint density at radius 2 is 1.67 bits per heavy atom. The van der Waals surface area contributed by atoms with E-state index in [2.05, 4.69) is 36.3 Å². The fourth-order valence-corrected chi connectivity index (χ4v) is 4.15. The fraction of sp³-hybridized carbons (Fsp3) is 0.350. The third kappa shape index (κ3) is 7.51. The van der Waals surface area contributed by atoms with Crippen molar-refractivity contribution < 1.29 is 18.0 Å². The van der Waals surface area contributed by atoms with Crippen molar-refractivity contribution in [2.75, 3.05) is 6.54 Å². The van der Waals surface area contributed by atoms with Gasteiger partial charge in [-0.3, -0.25) is 14.6 Å². The summed E-state index contributed by atoms with van der Waals surface area (Å²) in [7, 11) is -3.86. The second-order valence-electron chi connectivity index (χ2n) is 6.97. The van der Waals surface area contributed by atoms with E-state index in [9.17, 15) is 18.0 Å². The molecule has 0 aliphatic carbocycles. The molecule has 0 aliphatic heterocycles. The Hall–Kier alpha value is -2.30. The molecule has 0 spiro atoms. The number of hydrogen-bond donors (Lipinski definition) is 3. The molecule has 10 heteroatoms. The van der Waals surface area contributed by atoms with Crippen molar-refractivity contribution in [1.82, 2.24) is 20.3 Å². The lowest BCUT2D eigenvalue weighted by Crippen LogP contribution is -2.50. The second-order valence-corrected chi connectivity index (χ2v) is 9.60. The maximum Gasteiger partial charge on any atom is 0.241 e. The van der Waals surface area contributed by atoms with E-state index in [1.807, 2.05) is 0 Å². The number of nitrogens with one attached hydrogen (secondary N) is 3. The van der Waals surface area contributed by atoms with Crippen molar-refractivity contribution in [3.8, 4) is 0 Å². The molecule has 2 amide bonds. The zero-order valence-corrected chi connectivity index (χ0v) is 19.2. The number of nitrogens with zero attached hydrogens (tertiary/aromatic N) is 1. The lowest BCUT2D eigenvalue weighted by atomic mass is 10.1. The molecule has 30 heavy (non-hydrogen) atoms. The number of sulfonamides is 1. The Morgan fingerprint density at radius 3 is 2.27 bits per heavy atom. The average molecular weight is 497 g/mol. The number of hydrogen-bond acceptors (Lipinski definition) is 5. The highest BCUT2D eigenvalue weighted by Crippen LogP contribution is 2.16. The third-order valence-electron chi connectivity index (χ3n) is 4.25. The van der Waals surface area contributed by atoms with Gasteiger partial charge in [0.05, 0.1) is 4.90 Å². The molecule has 8 nitrogen and oxygen atoms in total. The molecule has 162 valence electrons. The molecule has 0 saturated heterocycles. The van der Waals surface area contributed by atoms with Gasteiger partial charge in [-0.1, -0.05) is 29.8 Å². The smallest absolute Gasteiger partial charge is 0.241 e. The van der Waals surface area contributed by atoms with Gasteiger partial charge in [0, 0.05) is 36.4 Å². The topological polar surface area (TPSA) is 117 Å². The first-order valence-electron chi connectivity index (χ1n) is 9.40. The summed E-state index contributed by atoms with van der Waals surface area (Å²) in [5.74, 6) is -0.980. The van der Waals surface area contributed by atoms with Crippen molar-refractivity contribution in [2.45, 2.75) is 37.8 Å². The molecular formula is C20H25BrN4O4S. The summed E-state index contributed by atoms with van der Waals surface area (Å²) >= 11 is 3.26. The van der Waals surface area contributed by atoms with Crippen LogP contribution in [0.2, 0.25) is 0 Å². The molecule has 0 fully saturated rings. The number of carbonyl (C=O) groups excluding carboxylic acids is 2. The number of amides is 2. The van der Waals surface area contributed by atoms with Gasteiger partial charge < -0.3 is 10.6 Å². The summed E-state index contributed by atoms with van der Waals surface area (Å²) in [6.07, 6.45) is 3.37. The maximum absolute atomic E-state index is 12.6. The molecule has 0 aliphatic rings. The summed E-state index contributed by atoms with van der Waals surface area (Å²) in [5.41, 5.74) is 0.921. The summed E-state index contributed by atoms with van der Waals surface area (Å²) in [5, 5.41) is 5.39. The zero-order chi connectivity index (χ0) is 22.1. The summed E-state index contributed by atoms with van der Waals surface area (Å²) in [4.78, 5) is 28.5. The van der Waals surface area contributed by atoms with Crippen molar-refractivity contribution in [3.63, 3.8) is 0 Å². The van der Waals surface area contributed by atoms with E-state index >= 15 is 0 Å². The molecule has 2 aromatic rings. The van der Waals surface area contributed by atoms with Gasteiger partial charge in [-0.25, -0.2) is 8.42 Å². The molecule has 0 saturated carbocycles. The SMILES string of the molecule is CC(C)[C@H](NS(=O)(=O)c1ccc(Br)cc1)C(=O)NCCC(=O)NCc1ccncc1. The van der Waals surface area contributed by atoms with E-state index in [1.165, 1.54) is 12.1 Å². The Kier molecular flexibility index (Phi) is 8.94. The van der Waals surface area contributed by atoms with Gasteiger partial charge in [0.25, 0.3) is 0 Å². The van der Waals surface area contributed by atoms with E-state index in [0.29, 0.717) is 6.54 Å². The number of carbonyl (C=O) groups is 2. The van der Waals surface area contributed by atoms with E-state index in [0.717, 1.165) is 10.0 Å². The molecule has 3 N–H and O–H groups in total. The normalized spacial score (nSPS) is 12.4. The predicted octanol–water partition coefficient (Wildman–Crippen LogP) is 1.97. The summed E-state index contributed by atoms with van der Waals surface area (Å²) in [6, 6.07) is 8.77. The monoisotopic (exact) mass is 496 g/mol. The summed E-state index contributed by atoms with van der Waals surface area (Å²) < 4.78 is 28.4. The number of aromatic nitrogens is 1. The largest absolute Gasteiger partial charge is 0.354 e. The number of pyridine rings is 1. The summed E-state index contributed by atoms with van der Waals surface area (Å²) in [6.45, 7) is 3.96. The predicted molar refractivity (Wildman–Crippen MR) is 117 cm³/mol. The van der Waals surface area contributed by atoms with Gasteiger partial charge in [0.2, 0.25) is 21.8 Å². The quantitative estimate of drug-likeness (QED) is 0.464. The number of rotatable bonds is 10. The minimum absolute atomic E-state index is 0.0691.